The van der Waals surface area contributed by atoms with Gasteiger partial charge in [-0.3, -0.25) is 4.79 Å². The van der Waals surface area contributed by atoms with Gasteiger partial charge in [0.1, 0.15) is 6.04 Å². The van der Waals surface area contributed by atoms with E-state index in [1.54, 1.807) is 12.1 Å². The first-order valence-corrected chi connectivity index (χ1v) is 9.53. The van der Waals surface area contributed by atoms with Crippen LogP contribution in [0.25, 0.3) is 0 Å². The van der Waals surface area contributed by atoms with Gasteiger partial charge in [-0.15, -0.1) is 0 Å². The predicted octanol–water partition coefficient (Wildman–Crippen LogP) is 2.07. The van der Waals surface area contributed by atoms with E-state index >= 15 is 0 Å². The van der Waals surface area contributed by atoms with Gasteiger partial charge in [-0.2, -0.15) is 4.31 Å². The van der Waals surface area contributed by atoms with Gasteiger partial charge >= 0.3 is 0 Å². The molecular weight excluding hydrogens is 300 g/mol. The first kappa shape index (κ1) is 17.0. The summed E-state index contributed by atoms with van der Waals surface area (Å²) < 4.78 is 24.9. The molecule has 1 atom stereocenters. The number of carbonyl (C=O) groups is 1. The molecule has 1 aliphatic rings. The second-order valence-electron chi connectivity index (χ2n) is 5.94. The van der Waals surface area contributed by atoms with Gasteiger partial charge in [-0.05, 0) is 18.4 Å². The third-order valence-corrected chi connectivity index (χ3v) is 5.46. The van der Waals surface area contributed by atoms with Crippen LogP contribution in [-0.2, 0) is 14.8 Å². The highest BCUT2D eigenvalue weighted by molar-refractivity contribution is 7.88. The van der Waals surface area contributed by atoms with Crippen LogP contribution >= 0.6 is 0 Å². The Bertz CT molecular complexity index is 595. The molecule has 1 aliphatic carbocycles. The van der Waals surface area contributed by atoms with E-state index in [0.29, 0.717) is 5.56 Å². The van der Waals surface area contributed by atoms with Crippen LogP contribution in [0.3, 0.4) is 0 Å². The largest absolute Gasteiger partial charge is 0.352 e. The third kappa shape index (κ3) is 4.30. The Labute approximate surface area is 132 Å². The minimum Gasteiger partial charge on any atom is -0.352 e. The van der Waals surface area contributed by atoms with E-state index in [9.17, 15) is 13.2 Å². The second kappa shape index (κ2) is 7.24. The van der Waals surface area contributed by atoms with Gasteiger partial charge in [-0.25, -0.2) is 8.42 Å². The third-order valence-electron chi connectivity index (χ3n) is 4.20. The fourth-order valence-electron chi connectivity index (χ4n) is 2.88. The van der Waals surface area contributed by atoms with E-state index in [4.69, 9.17) is 0 Å². The molecule has 1 saturated carbocycles. The lowest BCUT2D eigenvalue weighted by atomic mass is 9.95. The molecule has 1 aromatic rings. The lowest BCUT2D eigenvalue weighted by Crippen LogP contribution is -2.45. The van der Waals surface area contributed by atoms with Crippen molar-refractivity contribution in [3.63, 3.8) is 0 Å². The fourth-order valence-corrected chi connectivity index (χ4v) is 3.48. The van der Waals surface area contributed by atoms with Crippen LogP contribution in [-0.4, -0.2) is 38.0 Å². The average molecular weight is 324 g/mol. The molecule has 1 fully saturated rings. The van der Waals surface area contributed by atoms with Gasteiger partial charge in [0.2, 0.25) is 15.9 Å². The maximum Gasteiger partial charge on any atom is 0.243 e. The van der Waals surface area contributed by atoms with Crippen molar-refractivity contribution in [2.45, 2.75) is 44.2 Å². The van der Waals surface area contributed by atoms with Gasteiger partial charge in [0.15, 0.2) is 0 Å². The van der Waals surface area contributed by atoms with Gasteiger partial charge in [0.05, 0.1) is 6.26 Å². The molecule has 22 heavy (non-hydrogen) atoms. The SMILES string of the molecule is CN([C@H](C(=O)NC1CCCCC1)c1ccccc1)S(C)(=O)=O. The number of sulfonamides is 1. The molecule has 1 N–H and O–H groups in total. The van der Waals surface area contributed by atoms with Gasteiger partial charge in [0.25, 0.3) is 0 Å². The molecule has 0 saturated heterocycles. The molecule has 1 aromatic carbocycles. The Balaban J connectivity index is 2.22. The highest BCUT2D eigenvalue weighted by Crippen LogP contribution is 2.24. The van der Waals surface area contributed by atoms with E-state index < -0.39 is 16.1 Å². The molecule has 1 amide bonds. The number of likely N-dealkylation sites (N-methyl/N-ethyl adjacent to an activating group) is 1. The summed E-state index contributed by atoms with van der Waals surface area (Å²) in [4.78, 5) is 12.7. The first-order chi connectivity index (χ1) is 10.4. The van der Waals surface area contributed by atoms with Crippen LogP contribution < -0.4 is 5.32 Å². The summed E-state index contributed by atoms with van der Waals surface area (Å²) >= 11 is 0. The Kier molecular flexibility index (Phi) is 5.58. The van der Waals surface area contributed by atoms with Crippen molar-refractivity contribution in [3.05, 3.63) is 35.9 Å². The summed E-state index contributed by atoms with van der Waals surface area (Å²) in [5.74, 6) is -0.244. The van der Waals surface area contributed by atoms with Crippen LogP contribution in [0, 0.1) is 0 Å². The molecule has 0 heterocycles. The highest BCUT2D eigenvalue weighted by atomic mass is 32.2. The Morgan fingerprint density at radius 2 is 1.77 bits per heavy atom. The summed E-state index contributed by atoms with van der Waals surface area (Å²) in [6.45, 7) is 0. The zero-order valence-corrected chi connectivity index (χ0v) is 14.0. The molecule has 2 rings (SSSR count). The lowest BCUT2D eigenvalue weighted by molar-refractivity contribution is -0.125. The van der Waals surface area contributed by atoms with Crippen LogP contribution in [0.15, 0.2) is 30.3 Å². The van der Waals surface area contributed by atoms with Gasteiger partial charge in [-0.1, -0.05) is 49.6 Å². The summed E-state index contributed by atoms with van der Waals surface area (Å²) in [6, 6.07) is 8.37. The van der Waals surface area contributed by atoms with Crippen molar-refractivity contribution < 1.29 is 13.2 Å². The van der Waals surface area contributed by atoms with E-state index in [-0.39, 0.29) is 11.9 Å². The Hall–Kier alpha value is -1.40. The van der Waals surface area contributed by atoms with Crippen molar-refractivity contribution in [3.8, 4) is 0 Å². The summed E-state index contributed by atoms with van der Waals surface area (Å²) in [5.41, 5.74) is 0.684. The topological polar surface area (TPSA) is 66.5 Å². The number of hydrogen-bond acceptors (Lipinski definition) is 3. The first-order valence-electron chi connectivity index (χ1n) is 7.68. The van der Waals surface area contributed by atoms with Crippen molar-refractivity contribution in [1.82, 2.24) is 9.62 Å². The molecule has 0 radical (unpaired) electrons. The van der Waals surface area contributed by atoms with Crippen LogP contribution in [0.4, 0.5) is 0 Å². The minimum atomic E-state index is -3.46. The van der Waals surface area contributed by atoms with Gasteiger partial charge in [0, 0.05) is 13.1 Å². The lowest BCUT2D eigenvalue weighted by Gasteiger charge is -2.29. The molecular formula is C16H24N2O3S. The van der Waals surface area contributed by atoms with Crippen LogP contribution in [0.1, 0.15) is 43.7 Å². The molecule has 5 nitrogen and oxygen atoms in total. The highest BCUT2D eigenvalue weighted by Gasteiger charge is 2.31. The molecule has 0 spiro atoms. The fraction of sp³-hybridized carbons (Fsp3) is 0.562. The number of hydrogen-bond donors (Lipinski definition) is 1. The van der Waals surface area contributed by atoms with E-state index in [1.807, 2.05) is 18.2 Å². The molecule has 0 unspecified atom stereocenters. The zero-order valence-electron chi connectivity index (χ0n) is 13.2. The Morgan fingerprint density at radius 1 is 1.18 bits per heavy atom. The van der Waals surface area contributed by atoms with Crippen molar-refractivity contribution in [2.75, 3.05) is 13.3 Å². The molecule has 6 heteroatoms. The predicted molar refractivity (Wildman–Crippen MR) is 86.8 cm³/mol. The molecule has 0 aliphatic heterocycles. The standard InChI is InChI=1S/C16H24N2O3S/c1-18(22(2,20)21)15(13-9-5-3-6-10-13)16(19)17-14-11-7-4-8-12-14/h3,5-6,9-10,14-15H,4,7-8,11-12H2,1-2H3,(H,17,19)/t15-/m0/s1. The normalized spacial score (nSPS) is 18.1. The summed E-state index contributed by atoms with van der Waals surface area (Å²) in [6.07, 6.45) is 6.49. The quantitative estimate of drug-likeness (QED) is 0.901. The van der Waals surface area contributed by atoms with Crippen LogP contribution in [0.2, 0.25) is 0 Å². The molecule has 0 aromatic heterocycles. The van der Waals surface area contributed by atoms with E-state index in [1.165, 1.54) is 13.5 Å². The van der Waals surface area contributed by atoms with Gasteiger partial charge < -0.3 is 5.32 Å². The minimum absolute atomic E-state index is 0.153. The maximum absolute atomic E-state index is 12.7. The number of benzene rings is 1. The maximum atomic E-state index is 12.7. The number of nitrogens with one attached hydrogen (secondary N) is 1. The molecule has 122 valence electrons. The number of carbonyl (C=O) groups excluding carboxylic acids is 1. The number of rotatable bonds is 5. The monoisotopic (exact) mass is 324 g/mol. The van der Waals surface area contributed by atoms with Crippen molar-refractivity contribution in [2.24, 2.45) is 0 Å². The molecule has 0 bridgehead atoms. The average Bonchev–Trinajstić information content (AvgIpc) is 2.48. The zero-order chi connectivity index (χ0) is 16.2. The second-order valence-corrected chi connectivity index (χ2v) is 7.98. The van der Waals surface area contributed by atoms with E-state index in [2.05, 4.69) is 5.32 Å². The number of amides is 1. The van der Waals surface area contributed by atoms with Crippen molar-refractivity contribution >= 4 is 15.9 Å². The van der Waals surface area contributed by atoms with Crippen LogP contribution in [0.5, 0.6) is 0 Å². The number of nitrogens with zero attached hydrogens (tertiary/aromatic N) is 1. The smallest absolute Gasteiger partial charge is 0.243 e. The van der Waals surface area contributed by atoms with E-state index in [0.717, 1.165) is 36.2 Å². The summed E-state index contributed by atoms with van der Waals surface area (Å²) in [7, 11) is -2.01. The summed E-state index contributed by atoms with van der Waals surface area (Å²) in [5, 5.41) is 3.03. The van der Waals surface area contributed by atoms with Crippen molar-refractivity contribution in [1.29, 1.82) is 0 Å². The Morgan fingerprint density at radius 3 is 2.32 bits per heavy atom.